The summed E-state index contributed by atoms with van der Waals surface area (Å²) in [7, 11) is 0. The third kappa shape index (κ3) is 3.58. The van der Waals surface area contributed by atoms with Gasteiger partial charge in [0.2, 0.25) is 0 Å². The van der Waals surface area contributed by atoms with Crippen molar-refractivity contribution >= 4 is 12.0 Å². The molecule has 1 unspecified atom stereocenters. The van der Waals surface area contributed by atoms with Crippen molar-refractivity contribution in [3.05, 3.63) is 0 Å². The lowest BCUT2D eigenvalue weighted by atomic mass is 10.1. The maximum Gasteiger partial charge on any atom is 0.326 e. The van der Waals surface area contributed by atoms with Crippen LogP contribution < -0.4 is 5.32 Å². The fraction of sp³-hybridized carbons (Fsp3) is 0.818. The molecule has 0 saturated carbocycles. The molecule has 1 fully saturated rings. The SMILES string of the molecule is CC(C)[C@H](NC(=O)N1CCOCC1CO)C(=O)O. The summed E-state index contributed by atoms with van der Waals surface area (Å²) in [6.45, 7) is 4.25. The molecule has 7 nitrogen and oxygen atoms in total. The molecule has 1 aliphatic rings. The Morgan fingerprint density at radius 2 is 2.17 bits per heavy atom. The largest absolute Gasteiger partial charge is 0.480 e. The van der Waals surface area contributed by atoms with E-state index in [1.165, 1.54) is 4.90 Å². The predicted octanol–water partition coefficient (Wildman–Crippen LogP) is -0.502. The van der Waals surface area contributed by atoms with Gasteiger partial charge in [-0.05, 0) is 5.92 Å². The Morgan fingerprint density at radius 3 is 2.67 bits per heavy atom. The molecular weight excluding hydrogens is 240 g/mol. The fourth-order valence-electron chi connectivity index (χ4n) is 1.80. The number of nitrogens with one attached hydrogen (secondary N) is 1. The topological polar surface area (TPSA) is 99.1 Å². The highest BCUT2D eigenvalue weighted by molar-refractivity contribution is 5.83. The van der Waals surface area contributed by atoms with E-state index in [-0.39, 0.29) is 19.1 Å². The van der Waals surface area contributed by atoms with Crippen LogP contribution in [0.15, 0.2) is 0 Å². The summed E-state index contributed by atoms with van der Waals surface area (Å²) in [5.41, 5.74) is 0. The first-order chi connectivity index (χ1) is 8.47. The number of aliphatic hydroxyl groups is 1. The predicted molar refractivity (Wildman–Crippen MR) is 63.2 cm³/mol. The minimum Gasteiger partial charge on any atom is -0.480 e. The Hall–Kier alpha value is -1.34. The Bertz CT molecular complexity index is 308. The number of amides is 2. The fourth-order valence-corrected chi connectivity index (χ4v) is 1.80. The van der Waals surface area contributed by atoms with Crippen LogP contribution in [0.3, 0.4) is 0 Å². The van der Waals surface area contributed by atoms with Gasteiger partial charge in [-0.3, -0.25) is 0 Å². The highest BCUT2D eigenvalue weighted by Gasteiger charge is 2.30. The first-order valence-electron chi connectivity index (χ1n) is 5.96. The molecule has 2 amide bonds. The summed E-state index contributed by atoms with van der Waals surface area (Å²) in [6.07, 6.45) is 0. The molecule has 0 aromatic rings. The van der Waals surface area contributed by atoms with Crippen LogP contribution in [0.5, 0.6) is 0 Å². The molecule has 7 heteroatoms. The third-order valence-electron chi connectivity index (χ3n) is 2.91. The summed E-state index contributed by atoms with van der Waals surface area (Å²) >= 11 is 0. The number of aliphatic hydroxyl groups excluding tert-OH is 1. The average molecular weight is 260 g/mol. The van der Waals surface area contributed by atoms with E-state index in [0.717, 1.165) is 0 Å². The standard InChI is InChI=1S/C11H20N2O5/c1-7(2)9(10(15)16)12-11(17)13-3-4-18-6-8(13)5-14/h7-9,14H,3-6H2,1-2H3,(H,12,17)(H,15,16)/t8?,9-/m0/s1. The zero-order chi connectivity index (χ0) is 13.7. The Labute approximate surface area is 106 Å². The number of carboxylic acids is 1. The minimum absolute atomic E-state index is 0.202. The number of nitrogens with zero attached hydrogens (tertiary/aromatic N) is 1. The van der Waals surface area contributed by atoms with Crippen molar-refractivity contribution in [3.63, 3.8) is 0 Å². The number of carbonyl (C=O) groups excluding carboxylic acids is 1. The maximum atomic E-state index is 12.0. The summed E-state index contributed by atoms with van der Waals surface area (Å²) in [5, 5.41) is 20.6. The van der Waals surface area contributed by atoms with E-state index in [9.17, 15) is 9.59 Å². The average Bonchev–Trinajstić information content (AvgIpc) is 2.34. The van der Waals surface area contributed by atoms with Gasteiger partial charge in [0.15, 0.2) is 0 Å². The van der Waals surface area contributed by atoms with E-state index in [2.05, 4.69) is 5.32 Å². The number of hydrogen-bond acceptors (Lipinski definition) is 4. The number of aliphatic carboxylic acids is 1. The van der Waals surface area contributed by atoms with Gasteiger partial charge in [0.25, 0.3) is 0 Å². The first-order valence-corrected chi connectivity index (χ1v) is 5.96. The van der Waals surface area contributed by atoms with E-state index in [1.54, 1.807) is 13.8 Å². The molecule has 104 valence electrons. The molecule has 0 radical (unpaired) electrons. The first kappa shape index (κ1) is 14.7. The number of hydrogen-bond donors (Lipinski definition) is 3. The number of urea groups is 1. The molecule has 1 heterocycles. The van der Waals surface area contributed by atoms with Crippen molar-refractivity contribution in [2.75, 3.05) is 26.4 Å². The van der Waals surface area contributed by atoms with Crippen molar-refractivity contribution in [1.82, 2.24) is 10.2 Å². The lowest BCUT2D eigenvalue weighted by molar-refractivity contribution is -0.140. The van der Waals surface area contributed by atoms with Crippen LogP contribution in [-0.2, 0) is 9.53 Å². The van der Waals surface area contributed by atoms with Gasteiger partial charge in [-0.2, -0.15) is 0 Å². The zero-order valence-electron chi connectivity index (χ0n) is 10.6. The molecule has 18 heavy (non-hydrogen) atoms. The van der Waals surface area contributed by atoms with Gasteiger partial charge in [0.1, 0.15) is 6.04 Å². The summed E-state index contributed by atoms with van der Waals surface area (Å²) in [6, 6.07) is -1.82. The van der Waals surface area contributed by atoms with E-state index in [0.29, 0.717) is 13.2 Å². The normalized spacial score (nSPS) is 21.8. The van der Waals surface area contributed by atoms with Gasteiger partial charge in [0, 0.05) is 6.54 Å². The van der Waals surface area contributed by atoms with Crippen molar-refractivity contribution in [3.8, 4) is 0 Å². The summed E-state index contributed by atoms with van der Waals surface area (Å²) < 4.78 is 5.16. The second-order valence-corrected chi connectivity index (χ2v) is 4.61. The molecule has 0 spiro atoms. The van der Waals surface area contributed by atoms with Crippen LogP contribution >= 0.6 is 0 Å². The molecule has 0 bridgehead atoms. The number of carboxylic acid groups (broad SMARTS) is 1. The smallest absolute Gasteiger partial charge is 0.326 e. The van der Waals surface area contributed by atoms with Gasteiger partial charge in [-0.25, -0.2) is 9.59 Å². The lowest BCUT2D eigenvalue weighted by Gasteiger charge is -2.35. The second kappa shape index (κ2) is 6.55. The molecular formula is C11H20N2O5. The molecule has 2 atom stereocenters. The van der Waals surface area contributed by atoms with Crippen molar-refractivity contribution in [1.29, 1.82) is 0 Å². The van der Waals surface area contributed by atoms with Gasteiger partial charge < -0.3 is 25.2 Å². The number of ether oxygens (including phenoxy) is 1. The molecule has 0 aromatic carbocycles. The van der Waals surface area contributed by atoms with Crippen LogP contribution in [0, 0.1) is 5.92 Å². The highest BCUT2D eigenvalue weighted by Crippen LogP contribution is 2.09. The molecule has 1 saturated heterocycles. The van der Waals surface area contributed by atoms with E-state index in [4.69, 9.17) is 14.9 Å². The van der Waals surface area contributed by atoms with E-state index >= 15 is 0 Å². The van der Waals surface area contributed by atoms with Crippen LogP contribution in [0.4, 0.5) is 4.79 Å². The molecule has 0 aliphatic carbocycles. The van der Waals surface area contributed by atoms with Gasteiger partial charge in [-0.1, -0.05) is 13.8 Å². The monoisotopic (exact) mass is 260 g/mol. The van der Waals surface area contributed by atoms with Gasteiger partial charge >= 0.3 is 12.0 Å². The molecule has 1 aliphatic heterocycles. The number of carbonyl (C=O) groups is 2. The van der Waals surface area contributed by atoms with Gasteiger partial charge in [0.05, 0.1) is 25.9 Å². The summed E-state index contributed by atoms with van der Waals surface area (Å²) in [5.74, 6) is -1.27. The summed E-state index contributed by atoms with van der Waals surface area (Å²) in [4.78, 5) is 24.4. The number of morpholine rings is 1. The minimum atomic E-state index is -1.06. The second-order valence-electron chi connectivity index (χ2n) is 4.61. The molecule has 0 aromatic heterocycles. The zero-order valence-corrected chi connectivity index (χ0v) is 10.6. The maximum absolute atomic E-state index is 12.0. The molecule has 3 N–H and O–H groups in total. The van der Waals surface area contributed by atoms with Crippen molar-refractivity contribution in [2.45, 2.75) is 25.9 Å². The van der Waals surface area contributed by atoms with Crippen LogP contribution in [-0.4, -0.2) is 65.6 Å². The van der Waals surface area contributed by atoms with Crippen LogP contribution in [0.1, 0.15) is 13.8 Å². The van der Waals surface area contributed by atoms with Gasteiger partial charge in [-0.15, -0.1) is 0 Å². The third-order valence-corrected chi connectivity index (χ3v) is 2.91. The van der Waals surface area contributed by atoms with Crippen LogP contribution in [0.25, 0.3) is 0 Å². The van der Waals surface area contributed by atoms with Crippen molar-refractivity contribution in [2.24, 2.45) is 5.92 Å². The highest BCUT2D eigenvalue weighted by atomic mass is 16.5. The Morgan fingerprint density at radius 1 is 1.50 bits per heavy atom. The quantitative estimate of drug-likeness (QED) is 0.633. The Balaban J connectivity index is 2.64. The van der Waals surface area contributed by atoms with Crippen LogP contribution in [0.2, 0.25) is 0 Å². The van der Waals surface area contributed by atoms with E-state index in [1.807, 2.05) is 0 Å². The van der Waals surface area contributed by atoms with Crippen molar-refractivity contribution < 1.29 is 24.5 Å². The number of rotatable bonds is 4. The Kier molecular flexibility index (Phi) is 5.36. The molecule has 1 rings (SSSR count). The van der Waals surface area contributed by atoms with E-state index < -0.39 is 24.1 Å². The lowest BCUT2D eigenvalue weighted by Crippen LogP contribution is -2.57.